The molecule has 3 rings (SSSR count). The Morgan fingerprint density at radius 3 is 2.77 bits per heavy atom. The monoisotopic (exact) mass is 314 g/mol. The minimum atomic E-state index is 0.117. The molecule has 0 bridgehead atoms. The van der Waals surface area contributed by atoms with Gasteiger partial charge < -0.3 is 5.32 Å². The van der Waals surface area contributed by atoms with Crippen molar-refractivity contribution in [3.8, 4) is 0 Å². The standard InChI is InChI=1S/C18H22N2OS/c1-14-5-2-3-6-15(14)11-19-18(21)13-20(16-8-9-16)12-17-7-4-10-22-17/h2-7,10,16H,8-9,11-13H2,1H3,(H,19,21). The largest absolute Gasteiger partial charge is 0.351 e. The van der Waals surface area contributed by atoms with E-state index in [-0.39, 0.29) is 5.91 Å². The van der Waals surface area contributed by atoms with Crippen molar-refractivity contribution in [1.29, 1.82) is 0 Å². The Labute approximate surface area is 136 Å². The molecule has 1 aliphatic carbocycles. The normalized spacial score (nSPS) is 14.3. The number of carbonyl (C=O) groups excluding carboxylic acids is 1. The van der Waals surface area contributed by atoms with Crippen LogP contribution in [0.25, 0.3) is 0 Å². The van der Waals surface area contributed by atoms with Gasteiger partial charge in [0.15, 0.2) is 0 Å². The van der Waals surface area contributed by atoms with Crippen molar-refractivity contribution >= 4 is 17.2 Å². The van der Waals surface area contributed by atoms with E-state index in [2.05, 4.69) is 46.8 Å². The molecule has 0 spiro atoms. The summed E-state index contributed by atoms with van der Waals surface area (Å²) in [6, 6.07) is 13.0. The van der Waals surface area contributed by atoms with Crippen LogP contribution in [-0.4, -0.2) is 23.4 Å². The van der Waals surface area contributed by atoms with Crippen LogP contribution in [0.1, 0.15) is 28.8 Å². The number of hydrogen-bond donors (Lipinski definition) is 1. The predicted octanol–water partition coefficient (Wildman–Crippen LogP) is 3.34. The van der Waals surface area contributed by atoms with Gasteiger partial charge in [0.05, 0.1) is 6.54 Å². The van der Waals surface area contributed by atoms with E-state index < -0.39 is 0 Å². The van der Waals surface area contributed by atoms with Crippen molar-refractivity contribution < 1.29 is 4.79 Å². The Balaban J connectivity index is 1.52. The van der Waals surface area contributed by atoms with Crippen LogP contribution in [0.2, 0.25) is 0 Å². The van der Waals surface area contributed by atoms with Gasteiger partial charge >= 0.3 is 0 Å². The number of hydrogen-bond acceptors (Lipinski definition) is 3. The zero-order chi connectivity index (χ0) is 15.4. The molecule has 1 aliphatic rings. The van der Waals surface area contributed by atoms with Gasteiger partial charge in [-0.3, -0.25) is 9.69 Å². The highest BCUT2D eigenvalue weighted by Gasteiger charge is 2.30. The van der Waals surface area contributed by atoms with Gasteiger partial charge in [-0.25, -0.2) is 0 Å². The van der Waals surface area contributed by atoms with E-state index in [4.69, 9.17) is 0 Å². The number of nitrogens with one attached hydrogen (secondary N) is 1. The van der Waals surface area contributed by atoms with Gasteiger partial charge in [0.25, 0.3) is 0 Å². The summed E-state index contributed by atoms with van der Waals surface area (Å²) in [5.74, 6) is 0.117. The van der Waals surface area contributed by atoms with Crippen molar-refractivity contribution in [2.24, 2.45) is 0 Å². The quantitative estimate of drug-likeness (QED) is 0.850. The van der Waals surface area contributed by atoms with Crippen LogP contribution in [-0.2, 0) is 17.9 Å². The number of rotatable bonds is 7. The van der Waals surface area contributed by atoms with Gasteiger partial charge in [-0.2, -0.15) is 0 Å². The molecule has 1 heterocycles. The van der Waals surface area contributed by atoms with Crippen LogP contribution in [0.4, 0.5) is 0 Å². The molecule has 1 saturated carbocycles. The fourth-order valence-electron chi connectivity index (χ4n) is 2.60. The lowest BCUT2D eigenvalue weighted by Crippen LogP contribution is -2.37. The molecule has 1 aromatic carbocycles. The summed E-state index contributed by atoms with van der Waals surface area (Å²) in [6.45, 7) is 4.08. The van der Waals surface area contributed by atoms with E-state index in [9.17, 15) is 4.79 Å². The maximum Gasteiger partial charge on any atom is 0.234 e. The van der Waals surface area contributed by atoms with Gasteiger partial charge in [-0.15, -0.1) is 11.3 Å². The average molecular weight is 314 g/mol. The summed E-state index contributed by atoms with van der Waals surface area (Å²) < 4.78 is 0. The number of benzene rings is 1. The summed E-state index contributed by atoms with van der Waals surface area (Å²) in [7, 11) is 0. The van der Waals surface area contributed by atoms with Gasteiger partial charge in [0.1, 0.15) is 0 Å². The second-order valence-electron chi connectivity index (χ2n) is 5.92. The molecule has 0 unspecified atom stereocenters. The molecule has 116 valence electrons. The smallest absolute Gasteiger partial charge is 0.234 e. The van der Waals surface area contributed by atoms with Crippen LogP contribution in [0.3, 0.4) is 0 Å². The fraction of sp³-hybridized carbons (Fsp3) is 0.389. The van der Waals surface area contributed by atoms with Crippen LogP contribution >= 0.6 is 11.3 Å². The molecule has 3 nitrogen and oxygen atoms in total. The Morgan fingerprint density at radius 2 is 2.09 bits per heavy atom. The topological polar surface area (TPSA) is 32.3 Å². The van der Waals surface area contributed by atoms with E-state index in [1.165, 1.54) is 28.8 Å². The number of nitrogens with zero attached hydrogens (tertiary/aromatic N) is 1. The lowest BCUT2D eigenvalue weighted by molar-refractivity contribution is -0.122. The number of aryl methyl sites for hydroxylation is 1. The zero-order valence-electron chi connectivity index (χ0n) is 12.9. The van der Waals surface area contributed by atoms with E-state index in [1.807, 2.05) is 12.1 Å². The second-order valence-corrected chi connectivity index (χ2v) is 6.95. The molecule has 1 fully saturated rings. The highest BCUT2D eigenvalue weighted by Crippen LogP contribution is 2.28. The molecular weight excluding hydrogens is 292 g/mol. The summed E-state index contributed by atoms with van der Waals surface area (Å²) in [5, 5.41) is 5.15. The third-order valence-corrected chi connectivity index (χ3v) is 4.95. The molecule has 0 atom stereocenters. The highest BCUT2D eigenvalue weighted by atomic mass is 32.1. The van der Waals surface area contributed by atoms with Crippen molar-refractivity contribution in [3.63, 3.8) is 0 Å². The molecule has 0 radical (unpaired) electrons. The Bertz CT molecular complexity index is 620. The van der Waals surface area contributed by atoms with Crippen LogP contribution in [0, 0.1) is 6.92 Å². The second kappa shape index (κ2) is 7.07. The van der Waals surface area contributed by atoms with E-state index >= 15 is 0 Å². The van der Waals surface area contributed by atoms with Gasteiger partial charge in [0, 0.05) is 24.0 Å². The average Bonchev–Trinajstić information content (AvgIpc) is 3.24. The Morgan fingerprint density at radius 1 is 1.27 bits per heavy atom. The first-order chi connectivity index (χ1) is 10.7. The molecule has 4 heteroatoms. The minimum absolute atomic E-state index is 0.117. The summed E-state index contributed by atoms with van der Waals surface area (Å²) in [5.41, 5.74) is 2.41. The fourth-order valence-corrected chi connectivity index (χ4v) is 3.33. The molecule has 2 aromatic rings. The Kier molecular flexibility index (Phi) is 4.90. The first-order valence-corrected chi connectivity index (χ1v) is 8.68. The molecule has 0 saturated heterocycles. The highest BCUT2D eigenvalue weighted by molar-refractivity contribution is 7.09. The van der Waals surface area contributed by atoms with Crippen LogP contribution in [0.15, 0.2) is 41.8 Å². The maximum atomic E-state index is 12.2. The van der Waals surface area contributed by atoms with E-state index in [1.54, 1.807) is 11.3 Å². The molecular formula is C18H22N2OS. The molecule has 1 amide bonds. The van der Waals surface area contributed by atoms with Crippen molar-refractivity contribution in [3.05, 3.63) is 57.8 Å². The third kappa shape index (κ3) is 4.18. The number of carbonyl (C=O) groups is 1. The van der Waals surface area contributed by atoms with Crippen molar-refractivity contribution in [1.82, 2.24) is 10.2 Å². The summed E-state index contributed by atoms with van der Waals surface area (Å²) in [4.78, 5) is 15.9. The molecule has 22 heavy (non-hydrogen) atoms. The summed E-state index contributed by atoms with van der Waals surface area (Å²) in [6.07, 6.45) is 2.44. The molecule has 1 N–H and O–H groups in total. The lowest BCUT2D eigenvalue weighted by Gasteiger charge is -2.20. The summed E-state index contributed by atoms with van der Waals surface area (Å²) >= 11 is 1.76. The predicted molar refractivity (Wildman–Crippen MR) is 90.8 cm³/mol. The van der Waals surface area contributed by atoms with E-state index in [0.717, 1.165) is 6.54 Å². The molecule has 0 aliphatic heterocycles. The zero-order valence-corrected chi connectivity index (χ0v) is 13.7. The minimum Gasteiger partial charge on any atom is -0.351 e. The van der Waals surface area contributed by atoms with Crippen molar-refractivity contribution in [2.75, 3.05) is 6.54 Å². The van der Waals surface area contributed by atoms with E-state index in [0.29, 0.717) is 19.1 Å². The number of thiophene rings is 1. The third-order valence-electron chi connectivity index (χ3n) is 4.09. The first kappa shape index (κ1) is 15.3. The van der Waals surface area contributed by atoms with Gasteiger partial charge in [-0.1, -0.05) is 30.3 Å². The van der Waals surface area contributed by atoms with Gasteiger partial charge in [0.2, 0.25) is 5.91 Å². The number of amides is 1. The first-order valence-electron chi connectivity index (χ1n) is 7.80. The van der Waals surface area contributed by atoms with Crippen LogP contribution < -0.4 is 5.32 Å². The maximum absolute atomic E-state index is 12.2. The Hall–Kier alpha value is -1.65. The van der Waals surface area contributed by atoms with Gasteiger partial charge in [-0.05, 0) is 42.3 Å². The van der Waals surface area contributed by atoms with Crippen molar-refractivity contribution in [2.45, 2.75) is 38.9 Å². The SMILES string of the molecule is Cc1ccccc1CNC(=O)CN(Cc1cccs1)C1CC1. The van der Waals surface area contributed by atoms with Crippen LogP contribution in [0.5, 0.6) is 0 Å². The lowest BCUT2D eigenvalue weighted by atomic mass is 10.1. The molecule has 1 aromatic heterocycles.